The SMILES string of the molecule is COC(=O)[C@](C)(NC(=O)c1ccccc1)[C@@H](C)O. The van der Waals surface area contributed by atoms with Crippen LogP contribution in [0.5, 0.6) is 0 Å². The summed E-state index contributed by atoms with van der Waals surface area (Å²) in [5.41, 5.74) is -1.06. The zero-order valence-electron chi connectivity index (χ0n) is 10.6. The molecule has 0 aliphatic heterocycles. The molecule has 1 aromatic carbocycles. The highest BCUT2D eigenvalue weighted by molar-refractivity contribution is 5.98. The van der Waals surface area contributed by atoms with Crippen molar-refractivity contribution in [2.75, 3.05) is 7.11 Å². The Morgan fingerprint density at radius 2 is 1.89 bits per heavy atom. The van der Waals surface area contributed by atoms with Gasteiger partial charge in [-0.25, -0.2) is 4.79 Å². The van der Waals surface area contributed by atoms with Gasteiger partial charge in [-0.1, -0.05) is 18.2 Å². The van der Waals surface area contributed by atoms with E-state index in [1.54, 1.807) is 30.3 Å². The van der Waals surface area contributed by atoms with Gasteiger partial charge in [-0.3, -0.25) is 4.79 Å². The quantitative estimate of drug-likeness (QED) is 0.773. The molecule has 5 nitrogen and oxygen atoms in total. The maximum absolute atomic E-state index is 12.0. The summed E-state index contributed by atoms with van der Waals surface area (Å²) in [7, 11) is 1.21. The number of methoxy groups -OCH3 is 1. The number of hydrogen-bond acceptors (Lipinski definition) is 4. The van der Waals surface area contributed by atoms with Crippen LogP contribution in [0.25, 0.3) is 0 Å². The van der Waals surface area contributed by atoms with Crippen LogP contribution in [-0.2, 0) is 9.53 Å². The van der Waals surface area contributed by atoms with E-state index < -0.39 is 23.5 Å². The molecule has 98 valence electrons. The van der Waals surface area contributed by atoms with Gasteiger partial charge < -0.3 is 15.2 Å². The van der Waals surface area contributed by atoms with Crippen LogP contribution in [0.2, 0.25) is 0 Å². The fourth-order valence-corrected chi connectivity index (χ4v) is 1.44. The first-order valence-electron chi connectivity index (χ1n) is 5.56. The first-order valence-corrected chi connectivity index (χ1v) is 5.56. The van der Waals surface area contributed by atoms with Crippen molar-refractivity contribution in [1.29, 1.82) is 0 Å². The van der Waals surface area contributed by atoms with E-state index >= 15 is 0 Å². The number of ether oxygens (including phenoxy) is 1. The van der Waals surface area contributed by atoms with E-state index in [0.29, 0.717) is 5.56 Å². The topological polar surface area (TPSA) is 75.6 Å². The van der Waals surface area contributed by atoms with Crippen molar-refractivity contribution in [3.05, 3.63) is 35.9 Å². The molecule has 1 aromatic rings. The fourth-order valence-electron chi connectivity index (χ4n) is 1.44. The van der Waals surface area contributed by atoms with Gasteiger partial charge in [0.25, 0.3) is 5.91 Å². The van der Waals surface area contributed by atoms with Crippen molar-refractivity contribution in [1.82, 2.24) is 5.32 Å². The molecule has 2 N–H and O–H groups in total. The molecule has 0 radical (unpaired) electrons. The molecule has 0 bridgehead atoms. The van der Waals surface area contributed by atoms with Crippen molar-refractivity contribution in [2.24, 2.45) is 0 Å². The van der Waals surface area contributed by atoms with Crippen LogP contribution in [-0.4, -0.2) is 35.7 Å². The molecule has 18 heavy (non-hydrogen) atoms. The van der Waals surface area contributed by atoms with Crippen LogP contribution in [0.15, 0.2) is 30.3 Å². The van der Waals surface area contributed by atoms with Gasteiger partial charge in [0.2, 0.25) is 0 Å². The van der Waals surface area contributed by atoms with Gasteiger partial charge in [0.05, 0.1) is 13.2 Å². The van der Waals surface area contributed by atoms with E-state index in [1.165, 1.54) is 21.0 Å². The number of aliphatic hydroxyl groups is 1. The van der Waals surface area contributed by atoms with Gasteiger partial charge in [-0.15, -0.1) is 0 Å². The number of nitrogens with one attached hydrogen (secondary N) is 1. The Labute approximate surface area is 106 Å². The second kappa shape index (κ2) is 5.64. The molecule has 0 fully saturated rings. The van der Waals surface area contributed by atoms with Crippen LogP contribution in [0.4, 0.5) is 0 Å². The van der Waals surface area contributed by atoms with E-state index in [2.05, 4.69) is 10.1 Å². The van der Waals surface area contributed by atoms with Gasteiger partial charge in [-0.05, 0) is 26.0 Å². The first kappa shape index (κ1) is 14.2. The summed E-state index contributed by atoms with van der Waals surface area (Å²) in [5.74, 6) is -1.13. The molecule has 0 aliphatic rings. The predicted octanol–water partition coefficient (Wildman–Crippen LogP) is 0.729. The average Bonchev–Trinajstić information content (AvgIpc) is 2.38. The van der Waals surface area contributed by atoms with E-state index in [-0.39, 0.29) is 0 Å². The molecular weight excluding hydrogens is 234 g/mol. The number of carbonyl (C=O) groups excluding carboxylic acids is 2. The number of esters is 1. The molecule has 0 unspecified atom stereocenters. The van der Waals surface area contributed by atoms with Crippen LogP contribution in [0.3, 0.4) is 0 Å². The maximum Gasteiger partial charge on any atom is 0.334 e. The number of hydrogen-bond donors (Lipinski definition) is 2. The van der Waals surface area contributed by atoms with Gasteiger partial charge >= 0.3 is 5.97 Å². The Kier molecular flexibility index (Phi) is 4.44. The standard InChI is InChI=1S/C13H17NO4/c1-9(15)13(2,12(17)18-3)14-11(16)10-7-5-4-6-8-10/h4-9,15H,1-3H3,(H,14,16)/t9-,13-/m1/s1. The monoisotopic (exact) mass is 251 g/mol. The van der Waals surface area contributed by atoms with Gasteiger partial charge in [0.15, 0.2) is 5.54 Å². The average molecular weight is 251 g/mol. The van der Waals surface area contributed by atoms with Gasteiger partial charge in [0.1, 0.15) is 0 Å². The molecule has 0 aliphatic carbocycles. The lowest BCUT2D eigenvalue weighted by molar-refractivity contribution is -0.151. The Balaban J connectivity index is 2.92. The van der Waals surface area contributed by atoms with Crippen molar-refractivity contribution >= 4 is 11.9 Å². The summed E-state index contributed by atoms with van der Waals surface area (Å²) in [6, 6.07) is 8.45. The normalized spacial score (nSPS) is 15.3. The van der Waals surface area contributed by atoms with Crippen LogP contribution < -0.4 is 5.32 Å². The lowest BCUT2D eigenvalue weighted by Gasteiger charge is -2.30. The molecule has 2 atom stereocenters. The second-order valence-corrected chi connectivity index (χ2v) is 4.19. The smallest absolute Gasteiger partial charge is 0.334 e. The van der Waals surface area contributed by atoms with E-state index in [9.17, 15) is 14.7 Å². The summed E-state index contributed by atoms with van der Waals surface area (Å²) < 4.78 is 4.60. The fraction of sp³-hybridized carbons (Fsp3) is 0.385. The first-order chi connectivity index (χ1) is 8.41. The summed E-state index contributed by atoms with van der Waals surface area (Å²) in [4.78, 5) is 23.6. The molecule has 0 saturated carbocycles. The van der Waals surface area contributed by atoms with E-state index in [4.69, 9.17) is 0 Å². The minimum atomic E-state index is -1.47. The van der Waals surface area contributed by atoms with Crippen molar-refractivity contribution < 1.29 is 19.4 Å². The molecule has 0 saturated heterocycles. The highest BCUT2D eigenvalue weighted by Gasteiger charge is 2.41. The highest BCUT2D eigenvalue weighted by atomic mass is 16.5. The summed E-state index contributed by atoms with van der Waals surface area (Å²) >= 11 is 0. The second-order valence-electron chi connectivity index (χ2n) is 4.19. The zero-order valence-corrected chi connectivity index (χ0v) is 10.6. The Morgan fingerprint density at radius 1 is 1.33 bits per heavy atom. The lowest BCUT2D eigenvalue weighted by Crippen LogP contribution is -2.59. The number of amides is 1. The lowest BCUT2D eigenvalue weighted by atomic mass is 9.95. The highest BCUT2D eigenvalue weighted by Crippen LogP contribution is 2.13. The van der Waals surface area contributed by atoms with Crippen molar-refractivity contribution in [3.8, 4) is 0 Å². The third kappa shape index (κ3) is 2.87. The largest absolute Gasteiger partial charge is 0.467 e. The Bertz CT molecular complexity index is 430. The molecule has 0 aromatic heterocycles. The molecular formula is C13H17NO4. The molecule has 0 heterocycles. The van der Waals surface area contributed by atoms with Gasteiger partial charge in [0, 0.05) is 5.56 Å². The van der Waals surface area contributed by atoms with E-state index in [0.717, 1.165) is 0 Å². The number of aliphatic hydroxyl groups excluding tert-OH is 1. The van der Waals surface area contributed by atoms with Crippen molar-refractivity contribution in [2.45, 2.75) is 25.5 Å². The summed E-state index contributed by atoms with van der Waals surface area (Å²) in [6.45, 7) is 2.84. The summed E-state index contributed by atoms with van der Waals surface area (Å²) in [5, 5.41) is 12.1. The van der Waals surface area contributed by atoms with Crippen LogP contribution in [0.1, 0.15) is 24.2 Å². The van der Waals surface area contributed by atoms with Crippen LogP contribution in [0, 0.1) is 0 Å². The molecule has 1 rings (SSSR count). The number of rotatable bonds is 4. The van der Waals surface area contributed by atoms with Crippen molar-refractivity contribution in [3.63, 3.8) is 0 Å². The molecule has 0 spiro atoms. The minimum absolute atomic E-state index is 0.410. The van der Waals surface area contributed by atoms with Crippen LogP contribution >= 0.6 is 0 Å². The van der Waals surface area contributed by atoms with E-state index in [1.807, 2.05) is 0 Å². The zero-order chi connectivity index (χ0) is 13.8. The predicted molar refractivity (Wildman–Crippen MR) is 66.0 cm³/mol. The maximum atomic E-state index is 12.0. The summed E-state index contributed by atoms with van der Waals surface area (Å²) in [6.07, 6.45) is -1.07. The Hall–Kier alpha value is -1.88. The third-order valence-electron chi connectivity index (χ3n) is 2.85. The third-order valence-corrected chi connectivity index (χ3v) is 2.85. The van der Waals surface area contributed by atoms with Gasteiger partial charge in [-0.2, -0.15) is 0 Å². The molecule has 5 heteroatoms. The number of benzene rings is 1. The minimum Gasteiger partial charge on any atom is -0.467 e. The number of carbonyl (C=O) groups is 2. The molecule has 1 amide bonds. The Morgan fingerprint density at radius 3 is 2.33 bits per heavy atom.